The summed E-state index contributed by atoms with van der Waals surface area (Å²) in [6, 6.07) is 24.4. The van der Waals surface area contributed by atoms with Crippen molar-refractivity contribution in [2.75, 3.05) is 13.7 Å². The Balaban J connectivity index is 1.36. The van der Waals surface area contributed by atoms with Gasteiger partial charge in [-0.1, -0.05) is 47.6 Å². The molecule has 0 radical (unpaired) electrons. The molecule has 3 aromatic carbocycles. The van der Waals surface area contributed by atoms with Crippen molar-refractivity contribution < 1.29 is 18.8 Å². The fraction of sp³-hybridized carbons (Fsp3) is 0.160. The Morgan fingerprint density at radius 2 is 1.72 bits per heavy atom. The molecule has 0 saturated carbocycles. The number of benzene rings is 3. The van der Waals surface area contributed by atoms with E-state index in [0.29, 0.717) is 29.6 Å². The van der Waals surface area contributed by atoms with Gasteiger partial charge < -0.3 is 19.3 Å². The van der Waals surface area contributed by atoms with Crippen molar-refractivity contribution in [3.8, 4) is 22.9 Å². The molecule has 1 N–H and O–H groups in total. The standard InChI is InChI=1S/C25H23N3O4/c1-30-20-13-11-19(12-14-20)24-27-23(32-28-24)17-31-22-10-6-5-9-21(22)25(29)26-16-15-18-7-3-2-4-8-18/h2-14H,15-17H2,1H3,(H,26,29). The van der Waals surface area contributed by atoms with Gasteiger partial charge in [0, 0.05) is 12.1 Å². The molecule has 1 aromatic heterocycles. The molecular formula is C25H23N3O4. The van der Waals surface area contributed by atoms with E-state index in [0.717, 1.165) is 17.7 Å². The normalized spacial score (nSPS) is 10.5. The highest BCUT2D eigenvalue weighted by molar-refractivity contribution is 5.96. The maximum Gasteiger partial charge on any atom is 0.264 e. The number of hydrogen-bond donors (Lipinski definition) is 1. The van der Waals surface area contributed by atoms with E-state index in [1.54, 1.807) is 25.3 Å². The smallest absolute Gasteiger partial charge is 0.264 e. The second-order valence-electron chi connectivity index (χ2n) is 7.02. The lowest BCUT2D eigenvalue weighted by Crippen LogP contribution is -2.26. The molecule has 0 unspecified atom stereocenters. The van der Waals surface area contributed by atoms with E-state index in [1.807, 2.05) is 60.7 Å². The number of amides is 1. The molecule has 32 heavy (non-hydrogen) atoms. The summed E-state index contributed by atoms with van der Waals surface area (Å²) < 4.78 is 16.3. The zero-order valence-electron chi connectivity index (χ0n) is 17.7. The van der Waals surface area contributed by atoms with Gasteiger partial charge in [-0.15, -0.1) is 0 Å². The highest BCUT2D eigenvalue weighted by Gasteiger charge is 2.14. The number of carbonyl (C=O) groups is 1. The first kappa shape index (κ1) is 21.1. The SMILES string of the molecule is COc1ccc(-c2noc(COc3ccccc3C(=O)NCCc3ccccc3)n2)cc1. The predicted molar refractivity (Wildman–Crippen MR) is 120 cm³/mol. The maximum absolute atomic E-state index is 12.7. The van der Waals surface area contributed by atoms with Crippen molar-refractivity contribution in [1.29, 1.82) is 0 Å². The van der Waals surface area contributed by atoms with Crippen LogP contribution in [-0.4, -0.2) is 29.7 Å². The van der Waals surface area contributed by atoms with Crippen LogP contribution in [-0.2, 0) is 13.0 Å². The molecule has 0 fully saturated rings. The van der Waals surface area contributed by atoms with Crippen LogP contribution in [0.1, 0.15) is 21.8 Å². The summed E-state index contributed by atoms with van der Waals surface area (Å²) in [5, 5.41) is 6.94. The van der Waals surface area contributed by atoms with Gasteiger partial charge in [-0.05, 0) is 48.4 Å². The summed E-state index contributed by atoms with van der Waals surface area (Å²) in [6.07, 6.45) is 0.756. The summed E-state index contributed by atoms with van der Waals surface area (Å²) in [6.45, 7) is 0.587. The first-order chi connectivity index (χ1) is 15.7. The maximum atomic E-state index is 12.7. The Morgan fingerprint density at radius 1 is 0.969 bits per heavy atom. The second-order valence-corrected chi connectivity index (χ2v) is 7.02. The Bertz CT molecular complexity index is 1160. The van der Waals surface area contributed by atoms with E-state index in [2.05, 4.69) is 15.5 Å². The van der Waals surface area contributed by atoms with Gasteiger partial charge in [-0.2, -0.15) is 4.98 Å². The quantitative estimate of drug-likeness (QED) is 0.427. The molecule has 1 amide bonds. The van der Waals surface area contributed by atoms with E-state index in [-0.39, 0.29) is 12.5 Å². The first-order valence-electron chi connectivity index (χ1n) is 10.2. The molecular weight excluding hydrogens is 406 g/mol. The molecule has 4 rings (SSSR count). The highest BCUT2D eigenvalue weighted by atomic mass is 16.5. The predicted octanol–water partition coefficient (Wildman–Crippen LogP) is 4.30. The second kappa shape index (κ2) is 10.3. The van der Waals surface area contributed by atoms with Gasteiger partial charge in [0.2, 0.25) is 5.82 Å². The molecule has 1 heterocycles. The topological polar surface area (TPSA) is 86.5 Å². The molecule has 7 heteroatoms. The third-order valence-corrected chi connectivity index (χ3v) is 4.84. The lowest BCUT2D eigenvalue weighted by atomic mass is 10.1. The Kier molecular flexibility index (Phi) is 6.77. The molecule has 0 aliphatic heterocycles. The summed E-state index contributed by atoms with van der Waals surface area (Å²) in [5.74, 6) is 1.78. The van der Waals surface area contributed by atoms with Crippen LogP contribution < -0.4 is 14.8 Å². The fourth-order valence-electron chi connectivity index (χ4n) is 3.15. The van der Waals surface area contributed by atoms with E-state index in [4.69, 9.17) is 14.0 Å². The number of aromatic nitrogens is 2. The number of ether oxygens (including phenoxy) is 2. The van der Waals surface area contributed by atoms with Crippen LogP contribution in [0.25, 0.3) is 11.4 Å². The fourth-order valence-corrected chi connectivity index (χ4v) is 3.15. The Labute approximate surface area is 186 Å². The summed E-state index contributed by atoms with van der Waals surface area (Å²) in [7, 11) is 1.61. The minimum absolute atomic E-state index is 0.0530. The van der Waals surface area contributed by atoms with E-state index in [1.165, 1.54) is 5.56 Å². The summed E-state index contributed by atoms with van der Waals surface area (Å²) in [5.41, 5.74) is 2.43. The van der Waals surface area contributed by atoms with E-state index >= 15 is 0 Å². The molecule has 4 aromatic rings. The number of carbonyl (C=O) groups excluding carboxylic acids is 1. The highest BCUT2D eigenvalue weighted by Crippen LogP contribution is 2.22. The van der Waals surface area contributed by atoms with Gasteiger partial charge in [0.15, 0.2) is 6.61 Å². The van der Waals surface area contributed by atoms with Crippen LogP contribution in [0.2, 0.25) is 0 Å². The average molecular weight is 429 g/mol. The number of hydrogen-bond acceptors (Lipinski definition) is 6. The van der Waals surface area contributed by atoms with E-state index in [9.17, 15) is 4.79 Å². The largest absolute Gasteiger partial charge is 0.497 e. The van der Waals surface area contributed by atoms with Crippen molar-refractivity contribution in [3.63, 3.8) is 0 Å². The average Bonchev–Trinajstić information content (AvgIpc) is 3.33. The van der Waals surface area contributed by atoms with Crippen LogP contribution >= 0.6 is 0 Å². The summed E-state index contributed by atoms with van der Waals surface area (Å²) in [4.78, 5) is 17.0. The minimum Gasteiger partial charge on any atom is -0.497 e. The molecule has 7 nitrogen and oxygen atoms in total. The lowest BCUT2D eigenvalue weighted by molar-refractivity contribution is 0.0948. The molecule has 0 bridgehead atoms. The third-order valence-electron chi connectivity index (χ3n) is 4.84. The first-order valence-corrected chi connectivity index (χ1v) is 10.2. The minimum atomic E-state index is -0.194. The van der Waals surface area contributed by atoms with Gasteiger partial charge in [0.1, 0.15) is 11.5 Å². The van der Waals surface area contributed by atoms with E-state index < -0.39 is 0 Å². The van der Waals surface area contributed by atoms with Gasteiger partial charge >= 0.3 is 0 Å². The molecule has 0 saturated heterocycles. The molecule has 0 spiro atoms. The van der Waals surface area contributed by atoms with Crippen molar-refractivity contribution in [2.45, 2.75) is 13.0 Å². The van der Waals surface area contributed by atoms with Gasteiger partial charge in [-0.25, -0.2) is 0 Å². The number of nitrogens with zero attached hydrogens (tertiary/aromatic N) is 2. The zero-order chi connectivity index (χ0) is 22.2. The zero-order valence-corrected chi connectivity index (χ0v) is 17.7. The van der Waals surface area contributed by atoms with Crippen molar-refractivity contribution >= 4 is 5.91 Å². The van der Waals surface area contributed by atoms with Crippen molar-refractivity contribution in [2.24, 2.45) is 0 Å². The number of methoxy groups -OCH3 is 1. The van der Waals surface area contributed by atoms with Crippen LogP contribution in [0.4, 0.5) is 0 Å². The number of para-hydroxylation sites is 1. The number of nitrogens with one attached hydrogen (secondary N) is 1. The third kappa shape index (κ3) is 5.31. The van der Waals surface area contributed by atoms with Crippen LogP contribution in [0.15, 0.2) is 83.4 Å². The van der Waals surface area contributed by atoms with Gasteiger partial charge in [0.25, 0.3) is 11.8 Å². The van der Waals surface area contributed by atoms with Gasteiger partial charge in [-0.3, -0.25) is 4.79 Å². The van der Waals surface area contributed by atoms with Crippen LogP contribution in [0.5, 0.6) is 11.5 Å². The number of rotatable bonds is 9. The Hall–Kier alpha value is -4.13. The van der Waals surface area contributed by atoms with Crippen LogP contribution in [0, 0.1) is 0 Å². The summed E-state index contributed by atoms with van der Waals surface area (Å²) >= 11 is 0. The molecule has 0 atom stereocenters. The monoisotopic (exact) mass is 429 g/mol. The van der Waals surface area contributed by atoms with Crippen molar-refractivity contribution in [1.82, 2.24) is 15.5 Å². The van der Waals surface area contributed by atoms with Gasteiger partial charge in [0.05, 0.1) is 12.7 Å². The molecule has 0 aliphatic rings. The molecule has 162 valence electrons. The van der Waals surface area contributed by atoms with Crippen molar-refractivity contribution in [3.05, 3.63) is 95.9 Å². The Morgan fingerprint density at radius 3 is 2.50 bits per heavy atom. The molecule has 0 aliphatic carbocycles. The lowest BCUT2D eigenvalue weighted by Gasteiger charge is -2.10. The van der Waals surface area contributed by atoms with Crippen LogP contribution in [0.3, 0.4) is 0 Å².